The molecule has 182 valence electrons. The van der Waals surface area contributed by atoms with E-state index in [2.05, 4.69) is 39.4 Å². The van der Waals surface area contributed by atoms with Gasteiger partial charge < -0.3 is 19.7 Å². The third-order valence-corrected chi connectivity index (χ3v) is 6.65. The maximum absolute atomic E-state index is 12.3. The summed E-state index contributed by atoms with van der Waals surface area (Å²) in [5.74, 6) is 0.687. The number of nitrogens with zero attached hydrogens (tertiary/aromatic N) is 2. The molecule has 6 nitrogen and oxygen atoms in total. The van der Waals surface area contributed by atoms with Crippen LogP contribution in [0, 0.1) is 0 Å². The second kappa shape index (κ2) is 12.0. The number of rotatable bonds is 8. The number of carbonyl (C=O) groups is 1. The second-order valence-corrected chi connectivity index (χ2v) is 9.03. The number of halogens is 1. The molecule has 1 N–H and O–H groups in total. The van der Waals surface area contributed by atoms with Gasteiger partial charge in [0.2, 0.25) is 0 Å². The first-order chi connectivity index (χ1) is 17.0. The molecule has 0 radical (unpaired) electrons. The standard InChI is InChI=1S/C27H28ClN3O3S/c1-33-25-17-21(11-12-24(25)34-19-26(32)29-23-10-6-5-9-22(23)28)27(35)31-15-13-30(14-16-31)18-20-7-3-2-4-8-20/h2-12,17H,13-16,18-19H2,1H3,(H,29,32). The summed E-state index contributed by atoms with van der Waals surface area (Å²) < 4.78 is 11.2. The zero-order chi connectivity index (χ0) is 24.6. The quantitative estimate of drug-likeness (QED) is 0.438. The molecule has 1 aliphatic rings. The molecular weight excluding hydrogens is 482 g/mol. The number of methoxy groups -OCH3 is 1. The average molecular weight is 510 g/mol. The number of para-hydroxylation sites is 1. The van der Waals surface area contributed by atoms with Crippen LogP contribution < -0.4 is 14.8 Å². The van der Waals surface area contributed by atoms with Crippen molar-refractivity contribution in [1.82, 2.24) is 9.80 Å². The largest absolute Gasteiger partial charge is 0.493 e. The van der Waals surface area contributed by atoms with E-state index in [1.54, 1.807) is 37.4 Å². The van der Waals surface area contributed by atoms with E-state index in [0.29, 0.717) is 22.2 Å². The second-order valence-electron chi connectivity index (χ2n) is 8.24. The van der Waals surface area contributed by atoms with E-state index >= 15 is 0 Å². The molecular formula is C27H28ClN3O3S. The zero-order valence-corrected chi connectivity index (χ0v) is 21.1. The van der Waals surface area contributed by atoms with Crippen molar-refractivity contribution in [2.75, 3.05) is 45.2 Å². The molecule has 0 aromatic heterocycles. The SMILES string of the molecule is COc1cc(C(=S)N2CCN(Cc3ccccc3)CC2)ccc1OCC(=O)Nc1ccccc1Cl. The summed E-state index contributed by atoms with van der Waals surface area (Å²) in [6.45, 7) is 4.42. The monoisotopic (exact) mass is 509 g/mol. The molecule has 0 bridgehead atoms. The van der Waals surface area contributed by atoms with Crippen LogP contribution in [0.3, 0.4) is 0 Å². The molecule has 0 unspecified atom stereocenters. The van der Waals surface area contributed by atoms with Gasteiger partial charge >= 0.3 is 0 Å². The first kappa shape index (κ1) is 25.0. The van der Waals surface area contributed by atoms with Crippen molar-refractivity contribution in [1.29, 1.82) is 0 Å². The Kier molecular flexibility index (Phi) is 8.58. The Morgan fingerprint density at radius 2 is 1.69 bits per heavy atom. The summed E-state index contributed by atoms with van der Waals surface area (Å²) in [5, 5.41) is 3.21. The van der Waals surface area contributed by atoms with Crippen molar-refractivity contribution in [2.24, 2.45) is 0 Å². The lowest BCUT2D eigenvalue weighted by molar-refractivity contribution is -0.118. The minimum atomic E-state index is -0.312. The van der Waals surface area contributed by atoms with Gasteiger partial charge in [0.05, 0.1) is 17.8 Å². The van der Waals surface area contributed by atoms with Gasteiger partial charge in [-0.25, -0.2) is 0 Å². The van der Waals surface area contributed by atoms with Crippen molar-refractivity contribution < 1.29 is 14.3 Å². The number of hydrogen-bond acceptors (Lipinski definition) is 5. The smallest absolute Gasteiger partial charge is 0.262 e. The maximum Gasteiger partial charge on any atom is 0.262 e. The van der Waals surface area contributed by atoms with Gasteiger partial charge in [0, 0.05) is 38.3 Å². The van der Waals surface area contributed by atoms with Gasteiger partial charge in [0.1, 0.15) is 4.99 Å². The highest BCUT2D eigenvalue weighted by Gasteiger charge is 2.21. The topological polar surface area (TPSA) is 54.0 Å². The number of benzene rings is 3. The van der Waals surface area contributed by atoms with Gasteiger partial charge in [-0.2, -0.15) is 0 Å². The van der Waals surface area contributed by atoms with E-state index in [-0.39, 0.29) is 12.5 Å². The average Bonchev–Trinajstić information content (AvgIpc) is 2.89. The summed E-state index contributed by atoms with van der Waals surface area (Å²) in [4.78, 5) is 17.7. The van der Waals surface area contributed by atoms with E-state index in [1.165, 1.54) is 5.56 Å². The Balaban J connectivity index is 1.31. The summed E-state index contributed by atoms with van der Waals surface area (Å²) >= 11 is 11.9. The number of anilines is 1. The van der Waals surface area contributed by atoms with Crippen LogP contribution in [-0.2, 0) is 11.3 Å². The molecule has 0 saturated carbocycles. The van der Waals surface area contributed by atoms with E-state index in [1.807, 2.05) is 18.2 Å². The number of hydrogen-bond donors (Lipinski definition) is 1. The van der Waals surface area contributed by atoms with Gasteiger partial charge in [-0.15, -0.1) is 0 Å². The predicted octanol–water partition coefficient (Wildman–Crippen LogP) is 4.86. The molecule has 1 fully saturated rings. The van der Waals surface area contributed by atoms with Gasteiger partial charge in [0.15, 0.2) is 18.1 Å². The van der Waals surface area contributed by atoms with Crippen LogP contribution in [0.15, 0.2) is 72.8 Å². The van der Waals surface area contributed by atoms with Crippen LogP contribution in [0.4, 0.5) is 5.69 Å². The highest BCUT2D eigenvalue weighted by atomic mass is 35.5. The van der Waals surface area contributed by atoms with E-state index < -0.39 is 0 Å². The molecule has 0 atom stereocenters. The van der Waals surface area contributed by atoms with Gasteiger partial charge in [-0.05, 0) is 35.9 Å². The Morgan fingerprint density at radius 3 is 2.40 bits per heavy atom. The zero-order valence-electron chi connectivity index (χ0n) is 19.6. The number of nitrogens with one attached hydrogen (secondary N) is 1. The molecule has 3 aromatic carbocycles. The van der Waals surface area contributed by atoms with Crippen molar-refractivity contribution >= 4 is 40.4 Å². The molecule has 4 rings (SSSR count). The van der Waals surface area contributed by atoms with Crippen molar-refractivity contribution in [3.05, 3.63) is 88.9 Å². The lowest BCUT2D eigenvalue weighted by Gasteiger charge is -2.36. The highest BCUT2D eigenvalue weighted by molar-refractivity contribution is 7.80. The van der Waals surface area contributed by atoms with Crippen LogP contribution in [0.25, 0.3) is 0 Å². The van der Waals surface area contributed by atoms with E-state index in [0.717, 1.165) is 43.3 Å². The van der Waals surface area contributed by atoms with Gasteiger partial charge in [0.25, 0.3) is 5.91 Å². The normalized spacial score (nSPS) is 13.8. The third-order valence-electron chi connectivity index (χ3n) is 5.83. The van der Waals surface area contributed by atoms with Crippen LogP contribution in [0.1, 0.15) is 11.1 Å². The number of ether oxygens (including phenoxy) is 2. The van der Waals surface area contributed by atoms with Gasteiger partial charge in [-0.1, -0.05) is 66.3 Å². The molecule has 1 aliphatic heterocycles. The molecule has 0 aliphatic carbocycles. The summed E-state index contributed by atoms with van der Waals surface area (Å²) in [5.41, 5.74) is 2.75. The number of amides is 1. The maximum atomic E-state index is 12.3. The number of thiocarbonyl (C=S) groups is 1. The molecule has 8 heteroatoms. The Labute approximate surface area is 216 Å². The fourth-order valence-corrected chi connectivity index (χ4v) is 4.44. The van der Waals surface area contributed by atoms with Crippen LogP contribution in [0.2, 0.25) is 5.02 Å². The molecule has 1 amide bonds. The molecule has 1 saturated heterocycles. The first-order valence-corrected chi connectivity index (χ1v) is 12.2. The van der Waals surface area contributed by atoms with E-state index in [4.69, 9.17) is 33.3 Å². The lowest BCUT2D eigenvalue weighted by Crippen LogP contribution is -2.48. The van der Waals surface area contributed by atoms with Gasteiger partial charge in [-0.3, -0.25) is 9.69 Å². The first-order valence-electron chi connectivity index (χ1n) is 11.4. The summed E-state index contributed by atoms with van der Waals surface area (Å²) in [7, 11) is 1.57. The number of carbonyl (C=O) groups excluding carboxylic acids is 1. The Bertz CT molecular complexity index is 1170. The van der Waals surface area contributed by atoms with Crippen molar-refractivity contribution in [3.63, 3.8) is 0 Å². The lowest BCUT2D eigenvalue weighted by atomic mass is 10.1. The van der Waals surface area contributed by atoms with Crippen LogP contribution in [0.5, 0.6) is 11.5 Å². The fourth-order valence-electron chi connectivity index (χ4n) is 3.95. The minimum Gasteiger partial charge on any atom is -0.493 e. The molecule has 3 aromatic rings. The van der Waals surface area contributed by atoms with Crippen LogP contribution in [-0.4, -0.2) is 60.6 Å². The number of piperazine rings is 1. The molecule has 0 spiro atoms. The minimum absolute atomic E-state index is 0.172. The van der Waals surface area contributed by atoms with Crippen LogP contribution >= 0.6 is 23.8 Å². The molecule has 35 heavy (non-hydrogen) atoms. The molecule has 1 heterocycles. The van der Waals surface area contributed by atoms with E-state index in [9.17, 15) is 4.79 Å². The Morgan fingerprint density at radius 1 is 0.971 bits per heavy atom. The predicted molar refractivity (Wildman–Crippen MR) is 144 cm³/mol. The van der Waals surface area contributed by atoms with Crippen molar-refractivity contribution in [3.8, 4) is 11.5 Å². The van der Waals surface area contributed by atoms with Crippen molar-refractivity contribution in [2.45, 2.75) is 6.54 Å². The fraction of sp³-hybridized carbons (Fsp3) is 0.259. The Hall–Kier alpha value is -3.13. The highest BCUT2D eigenvalue weighted by Crippen LogP contribution is 2.29. The summed E-state index contributed by atoms with van der Waals surface area (Å²) in [6, 6.07) is 23.1. The third kappa shape index (κ3) is 6.72. The summed E-state index contributed by atoms with van der Waals surface area (Å²) in [6.07, 6.45) is 0.